The average molecular weight is 523 g/mol. The van der Waals surface area contributed by atoms with E-state index in [1.165, 1.54) is 6.07 Å². The van der Waals surface area contributed by atoms with Crippen LogP contribution in [-0.2, 0) is 9.53 Å². The quantitative estimate of drug-likeness (QED) is 0.458. The van der Waals surface area contributed by atoms with E-state index in [-0.39, 0.29) is 23.6 Å². The maximum Gasteiger partial charge on any atom is 0.162 e. The van der Waals surface area contributed by atoms with Crippen molar-refractivity contribution >= 4 is 6.29 Å². The van der Waals surface area contributed by atoms with E-state index in [1.54, 1.807) is 7.05 Å². The van der Waals surface area contributed by atoms with Crippen molar-refractivity contribution in [2.45, 2.75) is 82.8 Å². The molecule has 3 saturated heterocycles. The average Bonchev–Trinajstić information content (AvgIpc) is 3.45. The number of benzene rings is 1. The number of aldehydes is 1. The normalized spacial score (nSPS) is 28.1. The fraction of sp³-hybridized carbons (Fsp3) is 0.750. The molecule has 3 aliphatic heterocycles. The topological polar surface area (TPSA) is 66.1 Å². The van der Waals surface area contributed by atoms with Crippen LogP contribution >= 0.6 is 0 Å². The molecule has 1 aromatic carbocycles. The van der Waals surface area contributed by atoms with Crippen LogP contribution in [0.4, 0.5) is 8.78 Å². The highest BCUT2D eigenvalue weighted by atomic mass is 19.2. The van der Waals surface area contributed by atoms with Gasteiger partial charge in [-0.25, -0.2) is 8.78 Å². The second-order valence-electron chi connectivity index (χ2n) is 12.2. The maximum absolute atomic E-state index is 14.0. The van der Waals surface area contributed by atoms with Gasteiger partial charge in [-0.2, -0.15) is 0 Å². The van der Waals surface area contributed by atoms with Crippen LogP contribution in [0.25, 0.3) is 0 Å². The van der Waals surface area contributed by atoms with Crippen LogP contribution in [0.15, 0.2) is 18.2 Å². The van der Waals surface area contributed by atoms with Crippen LogP contribution in [0.1, 0.15) is 47.0 Å². The Kier molecular flexibility index (Phi) is 8.90. The lowest BCUT2D eigenvalue weighted by Crippen LogP contribution is -2.58. The molecule has 3 heterocycles. The van der Waals surface area contributed by atoms with Crippen molar-refractivity contribution in [1.82, 2.24) is 20.4 Å². The molecule has 3 aliphatic rings. The zero-order chi connectivity index (χ0) is 26.8. The molecule has 0 bridgehead atoms. The van der Waals surface area contributed by atoms with Gasteiger partial charge in [0, 0.05) is 63.6 Å². The monoisotopic (exact) mass is 522 g/mol. The summed E-state index contributed by atoms with van der Waals surface area (Å²) in [5.41, 5.74) is -0.673. The van der Waals surface area contributed by atoms with Gasteiger partial charge >= 0.3 is 0 Å². The third-order valence-electron chi connectivity index (χ3n) is 8.57. The van der Waals surface area contributed by atoms with Gasteiger partial charge in [-0.05, 0) is 50.8 Å². The lowest BCUT2D eigenvalue weighted by Gasteiger charge is -2.39. The molecule has 9 heteroatoms. The molecule has 0 spiro atoms. The Morgan fingerprint density at radius 1 is 1.16 bits per heavy atom. The number of likely N-dealkylation sites (N-methyl/N-ethyl adjacent to an activating group) is 1. The SMILES string of the molecule is CNC(C)(C=O)CNC(CN1CCC2C1C(Oc1ccc(F)c(F)c1)CN2C1CCOCC1)C(C)(C)C. The van der Waals surface area contributed by atoms with Crippen LogP contribution in [0.3, 0.4) is 0 Å². The molecule has 4 rings (SSSR count). The molecule has 0 aromatic heterocycles. The Morgan fingerprint density at radius 2 is 1.89 bits per heavy atom. The summed E-state index contributed by atoms with van der Waals surface area (Å²) in [5.74, 6) is -1.40. The summed E-state index contributed by atoms with van der Waals surface area (Å²) in [6, 6.07) is 4.87. The first-order valence-electron chi connectivity index (χ1n) is 13.6. The summed E-state index contributed by atoms with van der Waals surface area (Å²) in [7, 11) is 1.80. The number of carbonyl (C=O) groups is 1. The van der Waals surface area contributed by atoms with Crippen LogP contribution in [0.5, 0.6) is 5.75 Å². The third-order valence-corrected chi connectivity index (χ3v) is 8.57. The Bertz CT molecular complexity index is 923. The van der Waals surface area contributed by atoms with Crippen molar-refractivity contribution in [3.63, 3.8) is 0 Å². The molecule has 7 nitrogen and oxygen atoms in total. The van der Waals surface area contributed by atoms with Crippen molar-refractivity contribution in [2.24, 2.45) is 5.41 Å². The van der Waals surface area contributed by atoms with Crippen molar-refractivity contribution in [3.8, 4) is 5.75 Å². The van der Waals surface area contributed by atoms with E-state index in [0.29, 0.717) is 24.4 Å². The predicted molar refractivity (Wildman–Crippen MR) is 140 cm³/mol. The second kappa shape index (κ2) is 11.6. The van der Waals surface area contributed by atoms with Crippen molar-refractivity contribution in [3.05, 3.63) is 29.8 Å². The lowest BCUT2D eigenvalue weighted by atomic mass is 9.85. The van der Waals surface area contributed by atoms with E-state index < -0.39 is 17.2 Å². The van der Waals surface area contributed by atoms with Crippen LogP contribution in [0.2, 0.25) is 0 Å². The minimum absolute atomic E-state index is 0.0366. The largest absolute Gasteiger partial charge is 0.487 e. The summed E-state index contributed by atoms with van der Waals surface area (Å²) in [6.07, 6.45) is 3.85. The molecule has 208 valence electrons. The molecule has 0 radical (unpaired) electrons. The number of likely N-dealkylation sites (tertiary alicyclic amines) is 2. The number of ether oxygens (including phenoxy) is 2. The maximum atomic E-state index is 14.0. The first-order chi connectivity index (χ1) is 17.5. The third kappa shape index (κ3) is 6.50. The second-order valence-corrected chi connectivity index (χ2v) is 12.2. The summed E-state index contributed by atoms with van der Waals surface area (Å²) in [5, 5.41) is 6.78. The van der Waals surface area contributed by atoms with E-state index in [2.05, 4.69) is 41.2 Å². The first kappa shape index (κ1) is 28.4. The number of hydrogen-bond donors (Lipinski definition) is 2. The number of rotatable bonds is 10. The molecule has 3 fully saturated rings. The van der Waals surface area contributed by atoms with Gasteiger partial charge in [-0.15, -0.1) is 0 Å². The molecular weight excluding hydrogens is 478 g/mol. The molecular formula is C28H44F2N4O3. The number of nitrogens with one attached hydrogen (secondary N) is 2. The summed E-state index contributed by atoms with van der Waals surface area (Å²) in [4.78, 5) is 16.8. The highest BCUT2D eigenvalue weighted by Gasteiger charge is 2.52. The molecule has 5 atom stereocenters. The lowest BCUT2D eigenvalue weighted by molar-refractivity contribution is -0.112. The summed E-state index contributed by atoms with van der Waals surface area (Å²) in [6.45, 7) is 13.1. The summed E-state index contributed by atoms with van der Waals surface area (Å²) < 4.78 is 39.6. The number of fused-ring (bicyclic) bond motifs is 1. The van der Waals surface area contributed by atoms with Crippen LogP contribution < -0.4 is 15.4 Å². The summed E-state index contributed by atoms with van der Waals surface area (Å²) >= 11 is 0. The Morgan fingerprint density at radius 3 is 2.51 bits per heavy atom. The molecule has 0 saturated carbocycles. The van der Waals surface area contributed by atoms with Gasteiger partial charge in [0.2, 0.25) is 0 Å². The Hall–Kier alpha value is -1.65. The predicted octanol–water partition coefficient (Wildman–Crippen LogP) is 2.83. The molecule has 0 aliphatic carbocycles. The van der Waals surface area contributed by atoms with Crippen molar-refractivity contribution < 1.29 is 23.0 Å². The zero-order valence-electron chi connectivity index (χ0n) is 22.9. The zero-order valence-corrected chi connectivity index (χ0v) is 22.9. The molecule has 37 heavy (non-hydrogen) atoms. The van der Waals surface area contributed by atoms with Gasteiger partial charge in [0.1, 0.15) is 18.1 Å². The molecule has 2 N–H and O–H groups in total. The van der Waals surface area contributed by atoms with Gasteiger partial charge in [0.15, 0.2) is 11.6 Å². The highest BCUT2D eigenvalue weighted by molar-refractivity contribution is 5.63. The van der Waals surface area contributed by atoms with Gasteiger partial charge in [0.05, 0.1) is 11.6 Å². The molecule has 0 amide bonds. The van der Waals surface area contributed by atoms with Crippen LogP contribution in [0, 0.1) is 17.0 Å². The number of nitrogens with zero attached hydrogens (tertiary/aromatic N) is 2. The van der Waals surface area contributed by atoms with Gasteiger partial charge < -0.3 is 24.9 Å². The van der Waals surface area contributed by atoms with Gasteiger partial charge in [-0.1, -0.05) is 20.8 Å². The van der Waals surface area contributed by atoms with E-state index in [0.717, 1.165) is 70.5 Å². The van der Waals surface area contributed by atoms with Crippen molar-refractivity contribution in [2.75, 3.05) is 46.4 Å². The minimum atomic E-state index is -0.892. The van der Waals surface area contributed by atoms with E-state index >= 15 is 0 Å². The van der Waals surface area contributed by atoms with E-state index in [1.807, 2.05) is 6.92 Å². The first-order valence-corrected chi connectivity index (χ1v) is 13.6. The molecule has 1 aromatic rings. The van der Waals surface area contributed by atoms with Crippen molar-refractivity contribution in [1.29, 1.82) is 0 Å². The number of carbonyl (C=O) groups excluding carboxylic acids is 1. The standard InChI is InChI=1S/C28H44F2N4O3/c1-27(2,3)25(32-17-28(4,18-35)31-5)16-33-11-8-23-26(33)24(15-34(23)19-9-12-36-13-10-19)37-20-6-7-21(29)22(30)14-20/h6-7,14,18-19,23-26,31-32H,8-13,15-17H2,1-5H3. The van der Waals surface area contributed by atoms with Crippen LogP contribution in [-0.4, -0.2) is 98.3 Å². The fourth-order valence-electron chi connectivity index (χ4n) is 6.04. The van der Waals surface area contributed by atoms with E-state index in [4.69, 9.17) is 9.47 Å². The van der Waals surface area contributed by atoms with E-state index in [9.17, 15) is 13.6 Å². The Labute approximate surface area is 220 Å². The number of hydrogen-bond acceptors (Lipinski definition) is 7. The minimum Gasteiger partial charge on any atom is -0.487 e. The van der Waals surface area contributed by atoms with Gasteiger partial charge in [0.25, 0.3) is 0 Å². The number of halogens is 2. The smallest absolute Gasteiger partial charge is 0.162 e. The highest BCUT2D eigenvalue weighted by Crippen LogP contribution is 2.38. The Balaban J connectivity index is 1.54. The fourth-order valence-corrected chi connectivity index (χ4v) is 6.04. The molecule has 5 unspecified atom stereocenters. The van der Waals surface area contributed by atoms with Gasteiger partial charge in [-0.3, -0.25) is 9.80 Å².